The molecule has 2 heterocycles. The second-order valence-corrected chi connectivity index (χ2v) is 6.51. The molecule has 3 rings (SSSR count). The molecule has 2 aliphatic rings. The van der Waals surface area contributed by atoms with Gasteiger partial charge in [0, 0.05) is 37.8 Å². The highest BCUT2D eigenvalue weighted by molar-refractivity contribution is 5.95. The number of hydrogen-bond donors (Lipinski definition) is 2. The van der Waals surface area contributed by atoms with Crippen LogP contribution in [0.5, 0.6) is 11.5 Å². The van der Waals surface area contributed by atoms with Crippen molar-refractivity contribution in [3.8, 4) is 11.5 Å². The van der Waals surface area contributed by atoms with Crippen molar-refractivity contribution < 1.29 is 19.1 Å². The molecule has 0 radical (unpaired) electrons. The molecule has 26 heavy (non-hydrogen) atoms. The number of likely N-dealkylation sites (tertiary alicyclic amines) is 1. The van der Waals surface area contributed by atoms with Gasteiger partial charge in [-0.25, -0.2) is 0 Å². The average molecular weight is 384 g/mol. The van der Waals surface area contributed by atoms with Crippen molar-refractivity contribution in [3.05, 3.63) is 23.8 Å². The Hall–Kier alpha value is -1.99. The molecule has 2 N–H and O–H groups in total. The van der Waals surface area contributed by atoms with Crippen LogP contribution in [0.2, 0.25) is 0 Å². The molecule has 0 saturated carbocycles. The average Bonchev–Trinajstić information content (AvgIpc) is 2.97. The Bertz CT molecular complexity index is 655. The van der Waals surface area contributed by atoms with Gasteiger partial charge in [-0.15, -0.1) is 12.4 Å². The summed E-state index contributed by atoms with van der Waals surface area (Å²) in [6.07, 6.45) is 3.33. The first kappa shape index (κ1) is 20.3. The Morgan fingerprint density at radius 1 is 1.23 bits per heavy atom. The number of fused-ring (bicyclic) bond motifs is 2. The Balaban J connectivity index is 0.00000243. The Morgan fingerprint density at radius 3 is 2.73 bits per heavy atom. The predicted molar refractivity (Wildman–Crippen MR) is 100 cm³/mol. The number of nitrogens with zero attached hydrogens (tertiary/aromatic N) is 1. The van der Waals surface area contributed by atoms with Crippen LogP contribution in [0.25, 0.3) is 0 Å². The molecule has 2 saturated heterocycles. The van der Waals surface area contributed by atoms with E-state index in [4.69, 9.17) is 9.47 Å². The van der Waals surface area contributed by atoms with Gasteiger partial charge < -0.3 is 25.0 Å². The monoisotopic (exact) mass is 383 g/mol. The quantitative estimate of drug-likeness (QED) is 0.798. The van der Waals surface area contributed by atoms with E-state index in [1.165, 1.54) is 13.5 Å². The van der Waals surface area contributed by atoms with E-state index < -0.39 is 0 Å². The molecule has 0 aliphatic carbocycles. The molecule has 1 aromatic rings. The normalized spacial score (nSPS) is 21.4. The van der Waals surface area contributed by atoms with Crippen LogP contribution in [0.4, 0.5) is 0 Å². The maximum Gasteiger partial charge on any atom is 0.257 e. The number of carbonyl (C=O) groups excluding carboxylic acids is 2. The highest BCUT2D eigenvalue weighted by Crippen LogP contribution is 2.29. The number of methoxy groups -OCH3 is 1. The van der Waals surface area contributed by atoms with Gasteiger partial charge in [-0.05, 0) is 37.5 Å². The van der Waals surface area contributed by atoms with Gasteiger partial charge >= 0.3 is 0 Å². The maximum absolute atomic E-state index is 12.9. The van der Waals surface area contributed by atoms with Crippen LogP contribution in [-0.4, -0.2) is 62.7 Å². The van der Waals surface area contributed by atoms with Crippen molar-refractivity contribution in [2.75, 3.05) is 33.9 Å². The first-order chi connectivity index (χ1) is 12.1. The molecule has 7 nitrogen and oxygen atoms in total. The molecule has 144 valence electrons. The van der Waals surface area contributed by atoms with E-state index in [-0.39, 0.29) is 30.8 Å². The van der Waals surface area contributed by atoms with Gasteiger partial charge in [-0.1, -0.05) is 0 Å². The summed E-state index contributed by atoms with van der Waals surface area (Å²) in [6, 6.07) is 6.02. The minimum Gasteiger partial charge on any atom is -0.493 e. The van der Waals surface area contributed by atoms with Crippen molar-refractivity contribution >= 4 is 24.2 Å². The Morgan fingerprint density at radius 2 is 2.00 bits per heavy atom. The van der Waals surface area contributed by atoms with Crippen LogP contribution in [0.1, 0.15) is 29.6 Å². The van der Waals surface area contributed by atoms with Crippen molar-refractivity contribution in [1.29, 1.82) is 0 Å². The number of nitrogens with one attached hydrogen (secondary N) is 2. The van der Waals surface area contributed by atoms with E-state index in [0.717, 1.165) is 25.9 Å². The zero-order chi connectivity index (χ0) is 17.8. The van der Waals surface area contributed by atoms with E-state index >= 15 is 0 Å². The number of halogens is 1. The van der Waals surface area contributed by atoms with Gasteiger partial charge in [0.05, 0.1) is 7.11 Å². The summed E-state index contributed by atoms with van der Waals surface area (Å²) in [5.41, 5.74) is 0.571. The largest absolute Gasteiger partial charge is 0.493 e. The van der Waals surface area contributed by atoms with Crippen molar-refractivity contribution in [2.24, 2.45) is 0 Å². The molecule has 2 unspecified atom stereocenters. The minimum atomic E-state index is -0.227. The second kappa shape index (κ2) is 9.09. The SMILES string of the molecule is CNC(=O)COc1ccc(C(=O)N2CCC3CCC(C2)N3)cc1OC.Cl. The topological polar surface area (TPSA) is 79.9 Å². The fraction of sp³-hybridized carbons (Fsp3) is 0.556. The molecule has 8 heteroatoms. The molecule has 2 amide bonds. The maximum atomic E-state index is 12.9. The Labute approximate surface area is 159 Å². The third-order valence-electron chi connectivity index (χ3n) is 4.86. The van der Waals surface area contributed by atoms with Gasteiger partial charge in [0.2, 0.25) is 0 Å². The van der Waals surface area contributed by atoms with Gasteiger partial charge in [0.1, 0.15) is 0 Å². The standard InChI is InChI=1S/C18H25N3O4.ClH/c1-19-17(22)11-25-15-6-3-12(9-16(15)24-2)18(23)21-8-7-13-4-5-14(10-21)20-13;/h3,6,9,13-14,20H,4-5,7-8,10-11H2,1-2H3,(H,19,22);1H. The lowest BCUT2D eigenvalue weighted by molar-refractivity contribution is -0.122. The van der Waals surface area contributed by atoms with Crippen LogP contribution in [0.3, 0.4) is 0 Å². The van der Waals surface area contributed by atoms with Gasteiger partial charge in [0.25, 0.3) is 11.8 Å². The summed E-state index contributed by atoms with van der Waals surface area (Å²) >= 11 is 0. The molecule has 2 bridgehead atoms. The summed E-state index contributed by atoms with van der Waals surface area (Å²) in [5.74, 6) is 0.670. The summed E-state index contributed by atoms with van der Waals surface area (Å²) in [5, 5.41) is 6.07. The first-order valence-electron chi connectivity index (χ1n) is 8.67. The van der Waals surface area contributed by atoms with Crippen LogP contribution < -0.4 is 20.1 Å². The highest BCUT2D eigenvalue weighted by Gasteiger charge is 2.31. The lowest BCUT2D eigenvalue weighted by atomic mass is 10.1. The van der Waals surface area contributed by atoms with E-state index in [0.29, 0.717) is 29.1 Å². The lowest BCUT2D eigenvalue weighted by Gasteiger charge is -2.24. The molecule has 0 spiro atoms. The predicted octanol–water partition coefficient (Wildman–Crippen LogP) is 1.21. The number of likely N-dealkylation sites (N-methyl/N-ethyl adjacent to an activating group) is 1. The minimum absolute atomic E-state index is 0. The van der Waals surface area contributed by atoms with Crippen LogP contribution in [0, 0.1) is 0 Å². The van der Waals surface area contributed by atoms with E-state index in [2.05, 4.69) is 10.6 Å². The molecule has 2 aliphatic heterocycles. The zero-order valence-corrected chi connectivity index (χ0v) is 15.9. The van der Waals surface area contributed by atoms with Crippen LogP contribution in [0.15, 0.2) is 18.2 Å². The van der Waals surface area contributed by atoms with Crippen molar-refractivity contribution in [3.63, 3.8) is 0 Å². The number of rotatable bonds is 5. The van der Waals surface area contributed by atoms with Crippen LogP contribution >= 0.6 is 12.4 Å². The highest BCUT2D eigenvalue weighted by atomic mass is 35.5. The molecular formula is C18H26ClN3O4. The summed E-state index contributed by atoms with van der Waals surface area (Å²) in [7, 11) is 3.07. The fourth-order valence-electron chi connectivity index (χ4n) is 3.45. The molecule has 0 aromatic heterocycles. The van der Waals surface area contributed by atoms with Crippen LogP contribution in [-0.2, 0) is 4.79 Å². The van der Waals surface area contributed by atoms with E-state index in [1.807, 2.05) is 4.90 Å². The van der Waals surface area contributed by atoms with E-state index in [1.54, 1.807) is 25.2 Å². The lowest BCUT2D eigenvalue weighted by Crippen LogP contribution is -2.39. The number of benzene rings is 1. The van der Waals surface area contributed by atoms with Crippen molar-refractivity contribution in [1.82, 2.24) is 15.5 Å². The molecular weight excluding hydrogens is 358 g/mol. The summed E-state index contributed by atoms with van der Waals surface area (Å²) < 4.78 is 10.8. The van der Waals surface area contributed by atoms with Gasteiger partial charge in [-0.2, -0.15) is 0 Å². The number of hydrogen-bond acceptors (Lipinski definition) is 5. The third kappa shape index (κ3) is 4.59. The first-order valence-corrected chi connectivity index (χ1v) is 8.67. The number of ether oxygens (including phenoxy) is 2. The molecule has 2 fully saturated rings. The zero-order valence-electron chi connectivity index (χ0n) is 15.1. The molecule has 2 atom stereocenters. The smallest absolute Gasteiger partial charge is 0.257 e. The van der Waals surface area contributed by atoms with Gasteiger partial charge in [0.15, 0.2) is 18.1 Å². The summed E-state index contributed by atoms with van der Waals surface area (Å²) in [6.45, 7) is 1.41. The second-order valence-electron chi connectivity index (χ2n) is 6.51. The Kier molecular flexibility index (Phi) is 7.11. The number of amides is 2. The molecule has 1 aromatic carbocycles. The number of carbonyl (C=O) groups is 2. The van der Waals surface area contributed by atoms with Crippen molar-refractivity contribution in [2.45, 2.75) is 31.3 Å². The summed E-state index contributed by atoms with van der Waals surface area (Å²) in [4.78, 5) is 26.1. The third-order valence-corrected chi connectivity index (χ3v) is 4.86. The fourth-order valence-corrected chi connectivity index (χ4v) is 3.45. The van der Waals surface area contributed by atoms with Gasteiger partial charge in [-0.3, -0.25) is 9.59 Å². The van der Waals surface area contributed by atoms with E-state index in [9.17, 15) is 9.59 Å².